The summed E-state index contributed by atoms with van der Waals surface area (Å²) in [6.45, 7) is 4.13. The molecule has 2 aromatic heterocycles. The first-order valence-electron chi connectivity index (χ1n) is 8.10. The number of anilines is 1. The first-order chi connectivity index (χ1) is 12.6. The van der Waals surface area contributed by atoms with Crippen molar-refractivity contribution in [3.63, 3.8) is 0 Å². The van der Waals surface area contributed by atoms with E-state index >= 15 is 0 Å². The highest BCUT2D eigenvalue weighted by Crippen LogP contribution is 2.24. The number of nitrogens with zero attached hydrogens (tertiary/aromatic N) is 3. The molecule has 3 rings (SSSR count). The van der Waals surface area contributed by atoms with Crippen molar-refractivity contribution in [1.29, 1.82) is 0 Å². The second-order valence-corrected chi connectivity index (χ2v) is 6.77. The Morgan fingerprint density at radius 1 is 1.19 bits per heavy atom. The van der Waals surface area contributed by atoms with E-state index in [4.69, 9.17) is 4.74 Å². The number of aromatic nitrogens is 3. The van der Waals surface area contributed by atoms with Crippen molar-refractivity contribution in [3.05, 3.63) is 60.0 Å². The second-order valence-electron chi connectivity index (χ2n) is 5.82. The lowest BCUT2D eigenvalue weighted by molar-refractivity contribution is -0.113. The lowest BCUT2D eigenvalue weighted by Crippen LogP contribution is -2.15. The number of benzene rings is 1. The molecule has 7 heteroatoms. The highest BCUT2D eigenvalue weighted by atomic mass is 32.2. The number of hydrogen-bond acceptors (Lipinski definition) is 5. The van der Waals surface area contributed by atoms with Crippen molar-refractivity contribution in [2.75, 3.05) is 18.2 Å². The van der Waals surface area contributed by atoms with Gasteiger partial charge in [0, 0.05) is 24.3 Å². The molecule has 3 aromatic rings. The van der Waals surface area contributed by atoms with E-state index in [0.29, 0.717) is 11.6 Å². The number of imidazole rings is 1. The Labute approximate surface area is 156 Å². The molecule has 0 spiro atoms. The van der Waals surface area contributed by atoms with E-state index in [1.54, 1.807) is 24.5 Å². The third-order valence-electron chi connectivity index (χ3n) is 3.66. The van der Waals surface area contributed by atoms with Crippen LogP contribution in [-0.2, 0) is 4.79 Å². The molecule has 26 heavy (non-hydrogen) atoms. The van der Waals surface area contributed by atoms with Gasteiger partial charge in [-0.25, -0.2) is 9.97 Å². The van der Waals surface area contributed by atoms with Crippen LogP contribution in [0.2, 0.25) is 0 Å². The van der Waals surface area contributed by atoms with E-state index in [0.717, 1.165) is 10.8 Å². The quantitative estimate of drug-likeness (QED) is 0.673. The molecule has 2 heterocycles. The molecule has 0 unspecified atom stereocenters. The highest BCUT2D eigenvalue weighted by Gasteiger charge is 2.12. The van der Waals surface area contributed by atoms with Crippen molar-refractivity contribution in [2.45, 2.75) is 19.0 Å². The number of aryl methyl sites for hydroxylation is 2. The van der Waals surface area contributed by atoms with Crippen LogP contribution in [0.4, 0.5) is 5.69 Å². The molecule has 1 N–H and O–H groups in total. The maximum absolute atomic E-state index is 12.3. The van der Waals surface area contributed by atoms with Gasteiger partial charge in [-0.1, -0.05) is 17.8 Å². The molecular formula is C19H20N4O2S. The maximum atomic E-state index is 12.3. The van der Waals surface area contributed by atoms with Crippen molar-refractivity contribution in [1.82, 2.24) is 14.5 Å². The fourth-order valence-electron chi connectivity index (χ4n) is 2.65. The summed E-state index contributed by atoms with van der Waals surface area (Å²) in [4.78, 5) is 20.7. The predicted octanol–water partition coefficient (Wildman–Crippen LogP) is 3.62. The molecule has 0 saturated carbocycles. The summed E-state index contributed by atoms with van der Waals surface area (Å²) in [6.07, 6.45) is 5.25. The molecule has 1 amide bonds. The molecule has 0 bridgehead atoms. The number of ether oxygens (including phenoxy) is 1. The Hall–Kier alpha value is -2.80. The zero-order valence-corrected chi connectivity index (χ0v) is 15.7. The number of amides is 1. The molecule has 0 aliphatic heterocycles. The van der Waals surface area contributed by atoms with Gasteiger partial charge in [-0.2, -0.15) is 0 Å². The maximum Gasteiger partial charge on any atom is 0.237 e. The minimum atomic E-state index is -0.142. The van der Waals surface area contributed by atoms with E-state index in [2.05, 4.69) is 47.3 Å². The van der Waals surface area contributed by atoms with E-state index < -0.39 is 0 Å². The van der Waals surface area contributed by atoms with Crippen LogP contribution < -0.4 is 10.1 Å². The van der Waals surface area contributed by atoms with E-state index in [1.807, 2.05) is 10.8 Å². The first kappa shape index (κ1) is 18.0. The normalized spacial score (nSPS) is 10.6. The largest absolute Gasteiger partial charge is 0.480 e. The van der Waals surface area contributed by atoms with Gasteiger partial charge in [0.2, 0.25) is 11.8 Å². The Balaban J connectivity index is 1.69. The number of nitrogens with one attached hydrogen (secondary N) is 1. The fourth-order valence-corrected chi connectivity index (χ4v) is 3.42. The van der Waals surface area contributed by atoms with Gasteiger partial charge >= 0.3 is 0 Å². The summed E-state index contributed by atoms with van der Waals surface area (Å²) < 4.78 is 7.14. The van der Waals surface area contributed by atoms with E-state index in [1.165, 1.54) is 30.0 Å². The van der Waals surface area contributed by atoms with Gasteiger partial charge in [-0.3, -0.25) is 9.36 Å². The number of hydrogen-bond donors (Lipinski definition) is 1. The van der Waals surface area contributed by atoms with Gasteiger partial charge < -0.3 is 10.1 Å². The third-order valence-corrected chi connectivity index (χ3v) is 4.63. The van der Waals surface area contributed by atoms with Gasteiger partial charge in [0.25, 0.3) is 0 Å². The van der Waals surface area contributed by atoms with Crippen molar-refractivity contribution in [3.8, 4) is 11.6 Å². The Bertz CT molecular complexity index is 903. The van der Waals surface area contributed by atoms with Crippen LogP contribution in [0, 0.1) is 13.8 Å². The molecule has 0 atom stereocenters. The standard InChI is InChI=1S/C19H20N4O2S/c1-13-9-14(2)11-15(10-13)23-8-7-21-19(23)26-12-17(24)22-16-5-4-6-20-18(16)25-3/h4-11H,12H2,1-3H3,(H,22,24). The Morgan fingerprint density at radius 2 is 1.96 bits per heavy atom. The molecule has 0 saturated heterocycles. The van der Waals surface area contributed by atoms with Crippen molar-refractivity contribution in [2.24, 2.45) is 0 Å². The predicted molar refractivity (Wildman–Crippen MR) is 103 cm³/mol. The molecule has 0 radical (unpaired) electrons. The van der Waals surface area contributed by atoms with Crippen LogP contribution in [0.3, 0.4) is 0 Å². The van der Waals surface area contributed by atoms with Crippen LogP contribution in [0.25, 0.3) is 5.69 Å². The average molecular weight is 368 g/mol. The van der Waals surface area contributed by atoms with Crippen LogP contribution in [0.15, 0.2) is 54.1 Å². The lowest BCUT2D eigenvalue weighted by atomic mass is 10.1. The molecular weight excluding hydrogens is 348 g/mol. The summed E-state index contributed by atoms with van der Waals surface area (Å²) in [5.74, 6) is 0.485. The molecule has 0 fully saturated rings. The van der Waals surface area contributed by atoms with Crippen molar-refractivity contribution < 1.29 is 9.53 Å². The number of thioether (sulfide) groups is 1. The van der Waals surface area contributed by atoms with Crippen LogP contribution >= 0.6 is 11.8 Å². The topological polar surface area (TPSA) is 69.0 Å². The summed E-state index contributed by atoms with van der Waals surface area (Å²) >= 11 is 1.38. The summed E-state index contributed by atoms with van der Waals surface area (Å²) in [5, 5.41) is 3.58. The smallest absolute Gasteiger partial charge is 0.237 e. The van der Waals surface area contributed by atoms with Crippen LogP contribution in [-0.4, -0.2) is 33.3 Å². The minimum Gasteiger partial charge on any atom is -0.480 e. The Morgan fingerprint density at radius 3 is 2.69 bits per heavy atom. The summed E-state index contributed by atoms with van der Waals surface area (Å²) in [7, 11) is 1.52. The third kappa shape index (κ3) is 4.23. The monoisotopic (exact) mass is 368 g/mol. The minimum absolute atomic E-state index is 0.142. The number of methoxy groups -OCH3 is 1. The Kier molecular flexibility index (Phi) is 5.58. The van der Waals surface area contributed by atoms with E-state index in [-0.39, 0.29) is 11.7 Å². The SMILES string of the molecule is COc1ncccc1NC(=O)CSc1nccn1-c1cc(C)cc(C)c1. The zero-order valence-electron chi connectivity index (χ0n) is 14.9. The van der Waals surface area contributed by atoms with Crippen LogP contribution in [0.5, 0.6) is 5.88 Å². The second kappa shape index (κ2) is 8.05. The van der Waals surface area contributed by atoms with Crippen molar-refractivity contribution >= 4 is 23.4 Å². The van der Waals surface area contributed by atoms with Gasteiger partial charge in [-0.15, -0.1) is 0 Å². The fraction of sp³-hybridized carbons (Fsp3) is 0.211. The molecule has 0 aliphatic rings. The molecule has 6 nitrogen and oxygen atoms in total. The number of rotatable bonds is 6. The average Bonchev–Trinajstić information content (AvgIpc) is 3.08. The lowest BCUT2D eigenvalue weighted by Gasteiger charge is -2.10. The summed E-state index contributed by atoms with van der Waals surface area (Å²) in [6, 6.07) is 9.82. The van der Waals surface area contributed by atoms with Gasteiger partial charge in [0.05, 0.1) is 12.9 Å². The number of carbonyl (C=O) groups is 1. The highest BCUT2D eigenvalue weighted by molar-refractivity contribution is 7.99. The molecule has 134 valence electrons. The zero-order chi connectivity index (χ0) is 18.5. The van der Waals surface area contributed by atoms with E-state index in [9.17, 15) is 4.79 Å². The number of pyridine rings is 1. The van der Waals surface area contributed by atoms with Gasteiger partial charge in [-0.05, 0) is 49.2 Å². The van der Waals surface area contributed by atoms with Gasteiger partial charge in [0.1, 0.15) is 5.69 Å². The molecule has 0 aliphatic carbocycles. The number of carbonyl (C=O) groups excluding carboxylic acids is 1. The first-order valence-corrected chi connectivity index (χ1v) is 9.09. The summed E-state index contributed by atoms with van der Waals surface area (Å²) in [5.41, 5.74) is 3.97. The van der Waals surface area contributed by atoms with Crippen LogP contribution in [0.1, 0.15) is 11.1 Å². The van der Waals surface area contributed by atoms with Gasteiger partial charge in [0.15, 0.2) is 5.16 Å². The molecule has 1 aromatic carbocycles.